The van der Waals surface area contributed by atoms with E-state index in [1.54, 1.807) is 48.5 Å². The van der Waals surface area contributed by atoms with Gasteiger partial charge in [-0.1, -0.05) is 11.6 Å². The number of nitrogens with one attached hydrogen (secondary N) is 1. The summed E-state index contributed by atoms with van der Waals surface area (Å²) in [5.74, 6) is 0.255. The highest BCUT2D eigenvalue weighted by atomic mass is 35.5. The average Bonchev–Trinajstić information content (AvgIpc) is 2.48. The van der Waals surface area contributed by atoms with E-state index in [9.17, 15) is 9.59 Å². The number of hydrogen-bond donors (Lipinski definition) is 1. The molecule has 1 N–H and O–H groups in total. The Morgan fingerprint density at radius 2 is 1.45 bits per heavy atom. The first-order valence-electron chi connectivity index (χ1n) is 5.90. The van der Waals surface area contributed by atoms with Crippen molar-refractivity contribution in [3.8, 4) is 5.75 Å². The molecule has 4 nitrogen and oxygen atoms in total. The molecule has 0 saturated heterocycles. The maximum absolute atomic E-state index is 12.2. The Balaban J connectivity index is 2.15. The second kappa shape index (κ2) is 6.21. The van der Waals surface area contributed by atoms with Gasteiger partial charge in [0.05, 0.1) is 0 Å². The molecule has 0 spiro atoms. The topological polar surface area (TPSA) is 55.4 Å². The van der Waals surface area contributed by atoms with Crippen LogP contribution >= 0.6 is 11.6 Å². The molecular weight excluding hydrogens is 278 g/mol. The number of ether oxygens (including phenoxy) is 1. The Kier molecular flexibility index (Phi) is 4.38. The van der Waals surface area contributed by atoms with Crippen LogP contribution < -0.4 is 10.1 Å². The molecule has 0 atom stereocenters. The molecule has 2 aromatic rings. The molecule has 0 fully saturated rings. The van der Waals surface area contributed by atoms with Gasteiger partial charge in [0, 0.05) is 23.2 Å². The molecule has 102 valence electrons. The minimum absolute atomic E-state index is 0.117. The fourth-order valence-corrected chi connectivity index (χ4v) is 1.73. The van der Waals surface area contributed by atoms with E-state index in [0.717, 1.165) is 0 Å². The number of hydrogen-bond acceptors (Lipinski definition) is 3. The standard InChI is InChI=1S/C15H12ClNO3/c1-17-15(19)20-13-8-4-11(5-9-13)14(18)10-2-6-12(16)7-3-10/h2-9H,1H3,(H,17,19). The van der Waals surface area contributed by atoms with Gasteiger partial charge in [-0.25, -0.2) is 4.79 Å². The molecule has 0 radical (unpaired) electrons. The van der Waals surface area contributed by atoms with Crippen molar-refractivity contribution in [2.45, 2.75) is 0 Å². The first-order chi connectivity index (χ1) is 9.60. The number of rotatable bonds is 3. The van der Waals surface area contributed by atoms with Crippen LogP contribution in [0.2, 0.25) is 5.02 Å². The Labute approximate surface area is 121 Å². The highest BCUT2D eigenvalue weighted by molar-refractivity contribution is 6.30. The zero-order valence-electron chi connectivity index (χ0n) is 10.7. The predicted octanol–water partition coefficient (Wildman–Crippen LogP) is 3.29. The summed E-state index contributed by atoms with van der Waals surface area (Å²) in [7, 11) is 1.47. The third kappa shape index (κ3) is 3.36. The molecule has 0 aromatic heterocycles. The molecule has 0 saturated carbocycles. The lowest BCUT2D eigenvalue weighted by Crippen LogP contribution is -2.22. The van der Waals surface area contributed by atoms with E-state index in [-0.39, 0.29) is 5.78 Å². The quantitative estimate of drug-likeness (QED) is 0.882. The zero-order valence-corrected chi connectivity index (χ0v) is 11.5. The zero-order chi connectivity index (χ0) is 14.5. The van der Waals surface area contributed by atoms with Crippen molar-refractivity contribution in [2.24, 2.45) is 0 Å². The lowest BCUT2D eigenvalue weighted by molar-refractivity contribution is 0.103. The van der Waals surface area contributed by atoms with Crippen molar-refractivity contribution in [2.75, 3.05) is 7.05 Å². The van der Waals surface area contributed by atoms with Gasteiger partial charge in [-0.3, -0.25) is 4.79 Å². The molecule has 0 unspecified atom stereocenters. The van der Waals surface area contributed by atoms with E-state index in [1.165, 1.54) is 7.05 Å². The van der Waals surface area contributed by atoms with Crippen LogP contribution in [0.15, 0.2) is 48.5 Å². The monoisotopic (exact) mass is 289 g/mol. The molecule has 2 aromatic carbocycles. The predicted molar refractivity (Wildman–Crippen MR) is 76.4 cm³/mol. The molecule has 0 bridgehead atoms. The summed E-state index contributed by atoms with van der Waals surface area (Å²) in [6.45, 7) is 0. The molecular formula is C15H12ClNO3. The summed E-state index contributed by atoms with van der Waals surface area (Å²) in [5, 5.41) is 2.92. The summed E-state index contributed by atoms with van der Waals surface area (Å²) in [6.07, 6.45) is -0.554. The Morgan fingerprint density at radius 3 is 1.95 bits per heavy atom. The van der Waals surface area contributed by atoms with Crippen LogP contribution in [0.5, 0.6) is 5.75 Å². The van der Waals surface area contributed by atoms with Crippen LogP contribution in [0, 0.1) is 0 Å². The lowest BCUT2D eigenvalue weighted by atomic mass is 10.0. The van der Waals surface area contributed by atoms with Crippen LogP contribution in [-0.2, 0) is 0 Å². The number of carbonyl (C=O) groups is 2. The minimum Gasteiger partial charge on any atom is -0.410 e. The third-order valence-corrected chi connectivity index (χ3v) is 2.89. The largest absolute Gasteiger partial charge is 0.412 e. The molecule has 20 heavy (non-hydrogen) atoms. The number of amides is 1. The first kappa shape index (κ1) is 14.1. The number of benzene rings is 2. The van der Waals surface area contributed by atoms with Crippen LogP contribution in [0.3, 0.4) is 0 Å². The molecule has 0 aliphatic rings. The van der Waals surface area contributed by atoms with E-state index < -0.39 is 6.09 Å². The fourth-order valence-electron chi connectivity index (χ4n) is 1.60. The van der Waals surface area contributed by atoms with E-state index in [4.69, 9.17) is 16.3 Å². The van der Waals surface area contributed by atoms with E-state index >= 15 is 0 Å². The van der Waals surface area contributed by atoms with Gasteiger partial charge in [0.15, 0.2) is 5.78 Å². The maximum atomic E-state index is 12.2. The summed E-state index contributed by atoms with van der Waals surface area (Å²) < 4.78 is 4.94. The second-order valence-corrected chi connectivity index (χ2v) is 4.44. The summed E-state index contributed by atoms with van der Waals surface area (Å²) in [6, 6.07) is 13.0. The number of halogens is 1. The Hall–Kier alpha value is -2.33. The van der Waals surface area contributed by atoms with E-state index in [0.29, 0.717) is 21.9 Å². The highest BCUT2D eigenvalue weighted by Crippen LogP contribution is 2.17. The molecule has 1 amide bonds. The smallest absolute Gasteiger partial charge is 0.410 e. The third-order valence-electron chi connectivity index (χ3n) is 2.64. The average molecular weight is 290 g/mol. The SMILES string of the molecule is CNC(=O)Oc1ccc(C(=O)c2ccc(Cl)cc2)cc1. The van der Waals surface area contributed by atoms with Gasteiger partial charge in [-0.2, -0.15) is 0 Å². The first-order valence-corrected chi connectivity index (χ1v) is 6.28. The molecule has 0 heterocycles. The summed E-state index contributed by atoms with van der Waals surface area (Å²) in [4.78, 5) is 23.2. The Bertz CT molecular complexity index is 621. The van der Waals surface area contributed by atoms with Crippen LogP contribution in [0.1, 0.15) is 15.9 Å². The van der Waals surface area contributed by atoms with Crippen molar-refractivity contribution in [3.05, 3.63) is 64.7 Å². The van der Waals surface area contributed by atoms with Crippen molar-refractivity contribution in [3.63, 3.8) is 0 Å². The van der Waals surface area contributed by atoms with Gasteiger partial charge in [0.1, 0.15) is 5.75 Å². The second-order valence-electron chi connectivity index (χ2n) is 4.00. The van der Waals surface area contributed by atoms with Crippen molar-refractivity contribution < 1.29 is 14.3 Å². The van der Waals surface area contributed by atoms with Gasteiger partial charge < -0.3 is 10.1 Å². The minimum atomic E-state index is -0.554. The number of carbonyl (C=O) groups excluding carboxylic acids is 2. The van der Waals surface area contributed by atoms with Crippen molar-refractivity contribution >= 4 is 23.5 Å². The molecule has 2 rings (SSSR count). The normalized spacial score (nSPS) is 9.90. The highest BCUT2D eigenvalue weighted by Gasteiger charge is 2.09. The fraction of sp³-hybridized carbons (Fsp3) is 0.0667. The molecule has 5 heteroatoms. The number of ketones is 1. The van der Waals surface area contributed by atoms with Gasteiger partial charge in [0.25, 0.3) is 0 Å². The van der Waals surface area contributed by atoms with Gasteiger partial charge in [0.2, 0.25) is 0 Å². The molecule has 0 aliphatic carbocycles. The van der Waals surface area contributed by atoms with Crippen LogP contribution in [0.25, 0.3) is 0 Å². The van der Waals surface area contributed by atoms with Crippen molar-refractivity contribution in [1.82, 2.24) is 5.32 Å². The van der Waals surface area contributed by atoms with E-state index in [2.05, 4.69) is 5.32 Å². The van der Waals surface area contributed by atoms with Crippen molar-refractivity contribution in [1.29, 1.82) is 0 Å². The Morgan fingerprint density at radius 1 is 0.950 bits per heavy atom. The lowest BCUT2D eigenvalue weighted by Gasteiger charge is -2.05. The van der Waals surface area contributed by atoms with E-state index in [1.807, 2.05) is 0 Å². The van der Waals surface area contributed by atoms with Crippen LogP contribution in [-0.4, -0.2) is 18.9 Å². The van der Waals surface area contributed by atoms with Crippen LogP contribution in [0.4, 0.5) is 4.79 Å². The van der Waals surface area contributed by atoms with Gasteiger partial charge in [-0.15, -0.1) is 0 Å². The summed E-state index contributed by atoms with van der Waals surface area (Å²) >= 11 is 5.78. The summed E-state index contributed by atoms with van der Waals surface area (Å²) in [5.41, 5.74) is 1.06. The maximum Gasteiger partial charge on any atom is 0.412 e. The van der Waals surface area contributed by atoms with Gasteiger partial charge in [-0.05, 0) is 48.5 Å². The van der Waals surface area contributed by atoms with Gasteiger partial charge >= 0.3 is 6.09 Å². The molecule has 0 aliphatic heterocycles.